The molecule has 1 atom stereocenters. The van der Waals surface area contributed by atoms with E-state index in [0.717, 1.165) is 13.0 Å². The van der Waals surface area contributed by atoms with Crippen LogP contribution in [0.3, 0.4) is 0 Å². The van der Waals surface area contributed by atoms with E-state index < -0.39 is 0 Å². The minimum absolute atomic E-state index is 0.306. The van der Waals surface area contributed by atoms with Crippen molar-refractivity contribution in [2.24, 2.45) is 0 Å². The largest absolute Gasteiger partial charge is 0.399 e. The van der Waals surface area contributed by atoms with Crippen LogP contribution < -0.4 is 11.1 Å². The number of hydrogen-bond acceptors (Lipinski definition) is 3. The maximum Gasteiger partial charge on any atom is 0.0584 e. The average molecular weight is 229 g/mol. The van der Waals surface area contributed by atoms with Gasteiger partial charge in [-0.25, -0.2) is 0 Å². The van der Waals surface area contributed by atoms with Gasteiger partial charge in [-0.3, -0.25) is 0 Å². The first-order valence-corrected chi connectivity index (χ1v) is 5.45. The minimum atomic E-state index is 0.306. The van der Waals surface area contributed by atoms with Gasteiger partial charge in [0.1, 0.15) is 0 Å². The molecule has 1 aromatic rings. The summed E-state index contributed by atoms with van der Waals surface area (Å²) in [5.74, 6) is 0. The summed E-state index contributed by atoms with van der Waals surface area (Å²) >= 11 is 5.56. The first-order valence-electron chi connectivity index (χ1n) is 5.07. The quantitative estimate of drug-likeness (QED) is 0.641. The second kappa shape index (κ2) is 6.67. The molecule has 0 spiro atoms. The number of nitrogens with two attached hydrogens (primary N) is 1. The molecule has 1 aliphatic heterocycles. The molecule has 1 saturated heterocycles. The zero-order chi connectivity index (χ0) is 11.1. The molecule has 15 heavy (non-hydrogen) atoms. The summed E-state index contributed by atoms with van der Waals surface area (Å²) in [7, 11) is 0. The molecule has 1 fully saturated rings. The van der Waals surface area contributed by atoms with E-state index in [1.54, 1.807) is 18.2 Å². The van der Waals surface area contributed by atoms with Crippen LogP contribution in [-0.4, -0.2) is 24.3 Å². The highest BCUT2D eigenvalue weighted by Crippen LogP contribution is 2.10. The lowest BCUT2D eigenvalue weighted by atomic mass is 10.2. The predicted molar refractivity (Wildman–Crippen MR) is 64.0 cm³/mol. The Labute approximate surface area is 95.2 Å². The van der Waals surface area contributed by atoms with Crippen LogP contribution in [0.5, 0.6) is 0 Å². The lowest BCUT2D eigenvalue weighted by molar-refractivity contribution is 0.255. The molecule has 0 aliphatic carbocycles. The fourth-order valence-electron chi connectivity index (χ4n) is 1.42. The first-order chi connectivity index (χ1) is 7.22. The van der Waals surface area contributed by atoms with E-state index in [4.69, 9.17) is 22.4 Å². The van der Waals surface area contributed by atoms with Gasteiger partial charge in [0.05, 0.1) is 6.61 Å². The van der Waals surface area contributed by atoms with E-state index in [1.807, 2.05) is 6.07 Å². The van der Waals surface area contributed by atoms with Crippen LogP contribution in [0.25, 0.3) is 0 Å². The van der Waals surface area contributed by atoms with Gasteiger partial charge in [-0.1, -0.05) is 17.7 Å². The smallest absolute Gasteiger partial charge is 0.0584 e. The Morgan fingerprint density at radius 3 is 2.67 bits per heavy atom. The molecular weight excluding hydrogens is 212 g/mol. The zero-order valence-electron chi connectivity index (χ0n) is 8.62. The third-order valence-electron chi connectivity index (χ3n) is 2.23. The second-order valence-corrected chi connectivity index (χ2v) is 3.97. The summed E-state index contributed by atoms with van der Waals surface area (Å²) in [4.78, 5) is 0. The summed E-state index contributed by atoms with van der Waals surface area (Å²) in [6.07, 6.45) is 2.38. The van der Waals surface area contributed by atoms with Crippen molar-refractivity contribution in [2.45, 2.75) is 18.9 Å². The van der Waals surface area contributed by atoms with Crippen LogP contribution in [0.15, 0.2) is 24.3 Å². The van der Waals surface area contributed by atoms with E-state index in [2.05, 4.69) is 5.32 Å². The molecule has 1 heterocycles. The fourth-order valence-corrected chi connectivity index (χ4v) is 1.62. The third-order valence-corrected chi connectivity index (χ3v) is 2.47. The van der Waals surface area contributed by atoms with Crippen molar-refractivity contribution >= 4 is 17.3 Å². The van der Waals surface area contributed by atoms with Crippen LogP contribution in [0.1, 0.15) is 12.8 Å². The van der Waals surface area contributed by atoms with Crippen molar-refractivity contribution in [2.75, 3.05) is 18.9 Å². The van der Waals surface area contributed by atoms with Crippen LogP contribution in [-0.2, 0) is 0 Å². The highest BCUT2D eigenvalue weighted by atomic mass is 35.5. The average Bonchev–Trinajstić information content (AvgIpc) is 2.70. The molecule has 4 heteroatoms. The summed E-state index contributed by atoms with van der Waals surface area (Å²) in [6, 6.07) is 7.52. The Morgan fingerprint density at radius 1 is 1.53 bits per heavy atom. The van der Waals surface area contributed by atoms with Gasteiger partial charge in [0.25, 0.3) is 0 Å². The summed E-state index contributed by atoms with van der Waals surface area (Å²) in [5.41, 5.74) is 6.08. The standard InChI is InChI=1S/C6H6ClN.C5H11NO/c7-5-2-1-3-6(8)4-5;7-4-5-2-1-3-6-5/h1-4H,8H2;5-7H,1-4H2/t;5-/m.0/s1. The number of nitrogens with one attached hydrogen (secondary N) is 1. The van der Waals surface area contributed by atoms with Crippen LogP contribution in [0.4, 0.5) is 5.69 Å². The van der Waals surface area contributed by atoms with Gasteiger partial charge in [-0.2, -0.15) is 0 Å². The summed E-state index contributed by atoms with van der Waals surface area (Å²) in [5, 5.41) is 12.3. The molecule has 0 radical (unpaired) electrons. The number of aliphatic hydroxyl groups excluding tert-OH is 1. The van der Waals surface area contributed by atoms with E-state index in [9.17, 15) is 0 Å². The number of aliphatic hydroxyl groups is 1. The number of halogens is 1. The van der Waals surface area contributed by atoms with Gasteiger partial charge in [-0.15, -0.1) is 0 Å². The molecule has 0 saturated carbocycles. The molecule has 0 bridgehead atoms. The maximum absolute atomic E-state index is 8.50. The Bertz CT molecular complexity index is 270. The molecular formula is C11H17ClN2O. The Kier molecular flexibility index (Phi) is 5.47. The molecule has 2 rings (SSSR count). The van der Waals surface area contributed by atoms with Crippen molar-refractivity contribution in [3.8, 4) is 0 Å². The van der Waals surface area contributed by atoms with Crippen molar-refractivity contribution in [1.82, 2.24) is 5.32 Å². The highest BCUT2D eigenvalue weighted by molar-refractivity contribution is 6.30. The summed E-state index contributed by atoms with van der Waals surface area (Å²) < 4.78 is 0. The minimum Gasteiger partial charge on any atom is -0.399 e. The number of benzene rings is 1. The molecule has 3 nitrogen and oxygen atoms in total. The normalized spacial score (nSPS) is 19.5. The number of nitrogen functional groups attached to an aromatic ring is 1. The third kappa shape index (κ3) is 5.02. The Balaban J connectivity index is 0.000000151. The van der Waals surface area contributed by atoms with Crippen molar-refractivity contribution in [1.29, 1.82) is 0 Å². The lowest BCUT2D eigenvalue weighted by Gasteiger charge is -2.01. The topological polar surface area (TPSA) is 58.3 Å². The van der Waals surface area contributed by atoms with Crippen LogP contribution in [0, 0.1) is 0 Å². The second-order valence-electron chi connectivity index (χ2n) is 3.53. The van der Waals surface area contributed by atoms with Gasteiger partial charge in [0.2, 0.25) is 0 Å². The molecule has 1 aromatic carbocycles. The number of anilines is 1. The van der Waals surface area contributed by atoms with Crippen LogP contribution >= 0.6 is 11.6 Å². The number of rotatable bonds is 1. The molecule has 1 aliphatic rings. The van der Waals surface area contributed by atoms with Gasteiger partial charge in [0, 0.05) is 16.8 Å². The maximum atomic E-state index is 8.50. The lowest BCUT2D eigenvalue weighted by Crippen LogP contribution is -2.24. The Morgan fingerprint density at radius 2 is 2.33 bits per heavy atom. The van der Waals surface area contributed by atoms with Gasteiger partial charge >= 0.3 is 0 Å². The van der Waals surface area contributed by atoms with Crippen molar-refractivity contribution in [3.05, 3.63) is 29.3 Å². The Hall–Kier alpha value is -0.770. The van der Waals surface area contributed by atoms with E-state index >= 15 is 0 Å². The van der Waals surface area contributed by atoms with E-state index in [0.29, 0.717) is 23.4 Å². The van der Waals surface area contributed by atoms with Gasteiger partial charge in [0.15, 0.2) is 0 Å². The molecule has 4 N–H and O–H groups in total. The predicted octanol–water partition coefficient (Wildman–Crippen LogP) is 1.65. The van der Waals surface area contributed by atoms with Crippen LogP contribution in [0.2, 0.25) is 5.02 Å². The molecule has 84 valence electrons. The fraction of sp³-hybridized carbons (Fsp3) is 0.455. The first kappa shape index (κ1) is 12.3. The van der Waals surface area contributed by atoms with Crippen molar-refractivity contribution in [3.63, 3.8) is 0 Å². The SMILES string of the molecule is Nc1cccc(Cl)c1.OC[C@@H]1CCCN1. The molecule has 0 unspecified atom stereocenters. The van der Waals surface area contributed by atoms with Gasteiger partial charge in [-0.05, 0) is 37.6 Å². The highest BCUT2D eigenvalue weighted by Gasteiger charge is 2.10. The van der Waals surface area contributed by atoms with Crippen molar-refractivity contribution < 1.29 is 5.11 Å². The van der Waals surface area contributed by atoms with Gasteiger partial charge < -0.3 is 16.2 Å². The summed E-state index contributed by atoms with van der Waals surface area (Å²) in [6.45, 7) is 1.39. The molecule has 0 amide bonds. The van der Waals surface area contributed by atoms with E-state index in [-0.39, 0.29) is 0 Å². The zero-order valence-corrected chi connectivity index (χ0v) is 9.37. The molecule has 0 aromatic heterocycles. The van der Waals surface area contributed by atoms with E-state index in [1.165, 1.54) is 6.42 Å². The number of hydrogen-bond donors (Lipinski definition) is 3. The monoisotopic (exact) mass is 228 g/mol.